The Hall–Kier alpha value is -2.94. The van der Waals surface area contributed by atoms with Gasteiger partial charge in [-0.2, -0.15) is 0 Å². The summed E-state index contributed by atoms with van der Waals surface area (Å²) in [6.45, 7) is 1.52. The normalized spacial score (nSPS) is 11.3. The Morgan fingerprint density at radius 2 is 1.88 bits per heavy atom. The summed E-state index contributed by atoms with van der Waals surface area (Å²) in [7, 11) is 0. The number of rotatable bonds is 5. The first kappa shape index (κ1) is 18.4. The van der Waals surface area contributed by atoms with Crippen molar-refractivity contribution in [2.75, 3.05) is 0 Å². The maximum atomic E-state index is 12.0. The summed E-state index contributed by atoms with van der Waals surface area (Å²) < 4.78 is 6.27. The summed E-state index contributed by atoms with van der Waals surface area (Å²) in [5, 5.41) is 10.7. The maximum absolute atomic E-state index is 12.0. The number of hydrogen-bond acceptors (Lipinski definition) is 5. The third-order valence-corrected chi connectivity index (χ3v) is 3.59. The average Bonchev–Trinajstić information content (AvgIpc) is 2.59. The second kappa shape index (κ2) is 8.25. The minimum Gasteiger partial charge on any atom is -0.481 e. The molecule has 8 nitrogen and oxygen atoms in total. The molecule has 0 aliphatic heterocycles. The Kier molecular flexibility index (Phi) is 6.07. The van der Waals surface area contributed by atoms with Gasteiger partial charge in [-0.15, -0.1) is 0 Å². The molecule has 0 spiro atoms. The van der Waals surface area contributed by atoms with Crippen molar-refractivity contribution in [1.29, 1.82) is 0 Å². The highest BCUT2D eigenvalue weighted by Crippen LogP contribution is 2.18. The van der Waals surface area contributed by atoms with Crippen molar-refractivity contribution in [3.8, 4) is 5.75 Å². The lowest BCUT2D eigenvalue weighted by molar-refractivity contribution is -0.384. The fourth-order valence-electron chi connectivity index (χ4n) is 1.85. The molecule has 0 fully saturated rings. The fourth-order valence-corrected chi connectivity index (χ4v) is 2.23. The van der Waals surface area contributed by atoms with Gasteiger partial charge < -0.3 is 4.74 Å². The number of nitro groups is 1. The van der Waals surface area contributed by atoms with Crippen LogP contribution in [0.1, 0.15) is 17.3 Å². The van der Waals surface area contributed by atoms with Crippen LogP contribution in [0, 0.1) is 10.1 Å². The number of nitro benzene ring substituents is 1. The van der Waals surface area contributed by atoms with E-state index in [2.05, 4.69) is 26.8 Å². The van der Waals surface area contributed by atoms with Crippen LogP contribution in [0.2, 0.25) is 0 Å². The first-order chi connectivity index (χ1) is 11.9. The predicted octanol–water partition coefficient (Wildman–Crippen LogP) is 2.59. The van der Waals surface area contributed by atoms with Crippen molar-refractivity contribution in [1.82, 2.24) is 10.9 Å². The molecule has 1 atom stereocenters. The first-order valence-electron chi connectivity index (χ1n) is 7.13. The van der Waals surface area contributed by atoms with Gasteiger partial charge in [0.25, 0.3) is 17.5 Å². The summed E-state index contributed by atoms with van der Waals surface area (Å²) in [6.07, 6.45) is -0.861. The molecule has 0 saturated carbocycles. The van der Waals surface area contributed by atoms with E-state index in [0.717, 1.165) is 10.5 Å². The third kappa shape index (κ3) is 5.28. The molecule has 2 amide bonds. The summed E-state index contributed by atoms with van der Waals surface area (Å²) in [5.41, 5.74) is 4.25. The van der Waals surface area contributed by atoms with Gasteiger partial charge in [0, 0.05) is 22.2 Å². The number of nitrogens with one attached hydrogen (secondary N) is 2. The molecule has 0 bridgehead atoms. The fraction of sp³-hybridized carbons (Fsp3) is 0.125. The number of hydrazine groups is 1. The molecule has 0 heterocycles. The zero-order valence-electron chi connectivity index (χ0n) is 13.1. The van der Waals surface area contributed by atoms with Gasteiger partial charge in [-0.25, -0.2) is 0 Å². The summed E-state index contributed by atoms with van der Waals surface area (Å²) in [6, 6.07) is 12.1. The number of non-ortho nitro benzene ring substituents is 1. The average molecular weight is 408 g/mol. The highest BCUT2D eigenvalue weighted by Gasteiger charge is 2.17. The molecule has 2 N–H and O–H groups in total. The minimum absolute atomic E-state index is 0.0510. The van der Waals surface area contributed by atoms with E-state index in [1.54, 1.807) is 18.2 Å². The second-order valence-electron chi connectivity index (χ2n) is 4.97. The van der Waals surface area contributed by atoms with Gasteiger partial charge in [0.15, 0.2) is 6.10 Å². The molecule has 0 saturated heterocycles. The number of amides is 2. The highest BCUT2D eigenvalue weighted by atomic mass is 79.9. The van der Waals surface area contributed by atoms with Gasteiger partial charge in [0.05, 0.1) is 4.92 Å². The van der Waals surface area contributed by atoms with Crippen molar-refractivity contribution in [2.45, 2.75) is 13.0 Å². The standard InChI is InChI=1S/C16H14BrN3O5/c1-10(25-14-7-3-5-12(17)9-14)15(21)18-19-16(22)11-4-2-6-13(8-11)20(23)24/h2-10H,1H3,(H,18,21)(H,19,22). The van der Waals surface area contributed by atoms with E-state index >= 15 is 0 Å². The van der Waals surface area contributed by atoms with E-state index in [1.165, 1.54) is 25.1 Å². The van der Waals surface area contributed by atoms with E-state index in [-0.39, 0.29) is 11.3 Å². The van der Waals surface area contributed by atoms with Crippen LogP contribution in [0.25, 0.3) is 0 Å². The Morgan fingerprint density at radius 1 is 1.16 bits per heavy atom. The zero-order valence-corrected chi connectivity index (χ0v) is 14.6. The maximum Gasteiger partial charge on any atom is 0.279 e. The lowest BCUT2D eigenvalue weighted by Gasteiger charge is -2.15. The smallest absolute Gasteiger partial charge is 0.279 e. The Morgan fingerprint density at radius 3 is 2.56 bits per heavy atom. The van der Waals surface area contributed by atoms with Gasteiger partial charge in [0.2, 0.25) is 0 Å². The van der Waals surface area contributed by atoms with E-state index in [0.29, 0.717) is 5.75 Å². The molecule has 0 aliphatic rings. The lowest BCUT2D eigenvalue weighted by Crippen LogP contribution is -2.47. The van der Waals surface area contributed by atoms with E-state index in [9.17, 15) is 19.7 Å². The molecule has 2 aromatic rings. The van der Waals surface area contributed by atoms with Crippen LogP contribution in [-0.2, 0) is 4.79 Å². The van der Waals surface area contributed by atoms with Crippen molar-refractivity contribution >= 4 is 33.4 Å². The molecule has 130 valence electrons. The van der Waals surface area contributed by atoms with Crippen LogP contribution < -0.4 is 15.6 Å². The van der Waals surface area contributed by atoms with Crippen LogP contribution >= 0.6 is 15.9 Å². The van der Waals surface area contributed by atoms with Gasteiger partial charge in [0.1, 0.15) is 5.75 Å². The van der Waals surface area contributed by atoms with Crippen LogP contribution in [0.15, 0.2) is 53.0 Å². The highest BCUT2D eigenvalue weighted by molar-refractivity contribution is 9.10. The Labute approximate surface area is 151 Å². The van der Waals surface area contributed by atoms with Crippen LogP contribution in [0.5, 0.6) is 5.75 Å². The van der Waals surface area contributed by atoms with Gasteiger partial charge >= 0.3 is 0 Å². The molecular formula is C16H14BrN3O5. The molecule has 2 rings (SSSR count). The number of hydrogen-bond donors (Lipinski definition) is 2. The molecular weight excluding hydrogens is 394 g/mol. The van der Waals surface area contributed by atoms with E-state index in [4.69, 9.17) is 4.74 Å². The number of benzene rings is 2. The number of carbonyl (C=O) groups excluding carboxylic acids is 2. The van der Waals surface area contributed by atoms with Crippen molar-refractivity contribution in [3.05, 3.63) is 68.7 Å². The molecule has 0 aliphatic carbocycles. The number of ether oxygens (including phenoxy) is 1. The van der Waals surface area contributed by atoms with E-state index in [1.807, 2.05) is 6.07 Å². The van der Waals surface area contributed by atoms with Gasteiger partial charge in [-0.05, 0) is 31.2 Å². The molecule has 0 aromatic heterocycles. The predicted molar refractivity (Wildman–Crippen MR) is 92.9 cm³/mol. The largest absolute Gasteiger partial charge is 0.481 e. The van der Waals surface area contributed by atoms with Crippen molar-refractivity contribution < 1.29 is 19.2 Å². The molecule has 0 radical (unpaired) electrons. The quantitative estimate of drug-likeness (QED) is 0.584. The molecule has 9 heteroatoms. The van der Waals surface area contributed by atoms with E-state index < -0.39 is 22.8 Å². The minimum atomic E-state index is -0.861. The monoisotopic (exact) mass is 407 g/mol. The third-order valence-electron chi connectivity index (χ3n) is 3.10. The van der Waals surface area contributed by atoms with Gasteiger partial charge in [-0.3, -0.25) is 30.6 Å². The lowest BCUT2D eigenvalue weighted by atomic mass is 10.2. The first-order valence-corrected chi connectivity index (χ1v) is 7.93. The van der Waals surface area contributed by atoms with Crippen LogP contribution in [0.4, 0.5) is 5.69 Å². The summed E-state index contributed by atoms with van der Waals surface area (Å²) >= 11 is 3.30. The second-order valence-corrected chi connectivity index (χ2v) is 5.88. The molecule has 25 heavy (non-hydrogen) atoms. The Balaban J connectivity index is 1.91. The van der Waals surface area contributed by atoms with Crippen molar-refractivity contribution in [2.24, 2.45) is 0 Å². The summed E-state index contributed by atoms with van der Waals surface area (Å²) in [4.78, 5) is 34.0. The summed E-state index contributed by atoms with van der Waals surface area (Å²) in [5.74, 6) is -0.757. The zero-order chi connectivity index (χ0) is 18.4. The van der Waals surface area contributed by atoms with Crippen molar-refractivity contribution in [3.63, 3.8) is 0 Å². The van der Waals surface area contributed by atoms with Crippen LogP contribution in [-0.4, -0.2) is 22.8 Å². The topological polar surface area (TPSA) is 111 Å². The number of carbonyl (C=O) groups is 2. The SMILES string of the molecule is CC(Oc1cccc(Br)c1)C(=O)NNC(=O)c1cccc([N+](=O)[O-])c1. The molecule has 1 unspecified atom stereocenters. The molecule has 2 aromatic carbocycles. The number of nitrogens with zero attached hydrogens (tertiary/aromatic N) is 1. The van der Waals surface area contributed by atoms with Crippen LogP contribution in [0.3, 0.4) is 0 Å². The van der Waals surface area contributed by atoms with Gasteiger partial charge in [-0.1, -0.05) is 28.1 Å². The Bertz CT molecular complexity index is 812. The number of halogens is 1.